The molecule has 28 heavy (non-hydrogen) atoms. The van der Waals surface area contributed by atoms with Crippen molar-refractivity contribution >= 4 is 0 Å². The summed E-state index contributed by atoms with van der Waals surface area (Å²) in [6, 6.07) is 11.7. The Morgan fingerprint density at radius 3 is 2.89 bits per heavy atom. The molecule has 3 atom stereocenters. The van der Waals surface area contributed by atoms with E-state index in [4.69, 9.17) is 9.15 Å². The van der Waals surface area contributed by atoms with Gasteiger partial charge < -0.3 is 9.15 Å². The number of rotatable bonds is 7. The van der Waals surface area contributed by atoms with Gasteiger partial charge in [-0.2, -0.15) is 0 Å². The number of hydrogen-bond acceptors (Lipinski definition) is 3. The Bertz CT molecular complexity index is 810. The Kier molecular flexibility index (Phi) is 4.74. The third-order valence-corrected chi connectivity index (χ3v) is 7.86. The lowest BCUT2D eigenvalue weighted by Crippen LogP contribution is -2.59. The maximum Gasteiger partial charge on any atom is 0.119 e. The SMILES string of the molecule is COc1ccc2c(c1)[C@@]1(CCCc3ccco3)CCN(CC3CC3)[C@H](C2)[C@H]1C. The molecule has 150 valence electrons. The van der Waals surface area contributed by atoms with E-state index in [-0.39, 0.29) is 5.41 Å². The van der Waals surface area contributed by atoms with Crippen LogP contribution in [-0.4, -0.2) is 31.1 Å². The van der Waals surface area contributed by atoms with Crippen LogP contribution in [0.15, 0.2) is 41.0 Å². The molecule has 3 heteroatoms. The predicted molar refractivity (Wildman–Crippen MR) is 112 cm³/mol. The molecule has 1 saturated heterocycles. The monoisotopic (exact) mass is 379 g/mol. The molecule has 3 aliphatic rings. The highest BCUT2D eigenvalue weighted by atomic mass is 16.5. The van der Waals surface area contributed by atoms with Crippen molar-refractivity contribution in [1.82, 2.24) is 4.90 Å². The van der Waals surface area contributed by atoms with Crippen molar-refractivity contribution in [3.8, 4) is 5.75 Å². The summed E-state index contributed by atoms with van der Waals surface area (Å²) in [6.45, 7) is 5.10. The van der Waals surface area contributed by atoms with E-state index in [9.17, 15) is 0 Å². The molecule has 2 aliphatic carbocycles. The van der Waals surface area contributed by atoms with Gasteiger partial charge in [0.05, 0.1) is 13.4 Å². The second-order valence-corrected chi connectivity index (χ2v) is 9.36. The number of methoxy groups -OCH3 is 1. The van der Waals surface area contributed by atoms with E-state index in [0.29, 0.717) is 12.0 Å². The van der Waals surface area contributed by atoms with Gasteiger partial charge in [-0.1, -0.05) is 13.0 Å². The van der Waals surface area contributed by atoms with Crippen LogP contribution in [0.3, 0.4) is 0 Å². The Morgan fingerprint density at radius 2 is 2.14 bits per heavy atom. The first-order chi connectivity index (χ1) is 13.7. The largest absolute Gasteiger partial charge is 0.497 e. The first-order valence-electron chi connectivity index (χ1n) is 11.1. The fraction of sp³-hybridized carbons (Fsp3) is 0.600. The average Bonchev–Trinajstić information content (AvgIpc) is 3.37. The van der Waals surface area contributed by atoms with E-state index < -0.39 is 0 Å². The maximum absolute atomic E-state index is 5.62. The van der Waals surface area contributed by atoms with Crippen LogP contribution in [0.1, 0.15) is 55.9 Å². The van der Waals surface area contributed by atoms with Gasteiger partial charge in [0.25, 0.3) is 0 Å². The van der Waals surface area contributed by atoms with Gasteiger partial charge in [-0.15, -0.1) is 0 Å². The van der Waals surface area contributed by atoms with Crippen molar-refractivity contribution in [2.75, 3.05) is 20.2 Å². The third kappa shape index (κ3) is 3.18. The summed E-state index contributed by atoms with van der Waals surface area (Å²) >= 11 is 0. The summed E-state index contributed by atoms with van der Waals surface area (Å²) in [7, 11) is 1.79. The van der Waals surface area contributed by atoms with E-state index in [1.165, 1.54) is 51.6 Å². The summed E-state index contributed by atoms with van der Waals surface area (Å²) < 4.78 is 11.2. The van der Waals surface area contributed by atoms with Crippen LogP contribution in [0.4, 0.5) is 0 Å². The second kappa shape index (κ2) is 7.26. The molecule has 0 spiro atoms. The molecule has 0 amide bonds. The highest BCUT2D eigenvalue weighted by molar-refractivity contribution is 5.45. The van der Waals surface area contributed by atoms with Crippen LogP contribution < -0.4 is 4.74 Å². The summed E-state index contributed by atoms with van der Waals surface area (Å²) in [5, 5.41) is 0. The van der Waals surface area contributed by atoms with Crippen LogP contribution in [0.2, 0.25) is 0 Å². The van der Waals surface area contributed by atoms with Crippen molar-refractivity contribution in [3.63, 3.8) is 0 Å². The maximum atomic E-state index is 5.62. The first-order valence-corrected chi connectivity index (χ1v) is 11.1. The highest BCUT2D eigenvalue weighted by Gasteiger charge is 2.51. The zero-order valence-electron chi connectivity index (χ0n) is 17.3. The van der Waals surface area contributed by atoms with Crippen molar-refractivity contribution in [1.29, 1.82) is 0 Å². The van der Waals surface area contributed by atoms with Gasteiger partial charge in [-0.25, -0.2) is 0 Å². The van der Waals surface area contributed by atoms with Gasteiger partial charge in [-0.05, 0) is 92.3 Å². The second-order valence-electron chi connectivity index (χ2n) is 9.36. The summed E-state index contributed by atoms with van der Waals surface area (Å²) in [5.74, 6) is 3.79. The minimum Gasteiger partial charge on any atom is -0.497 e. The Balaban J connectivity index is 1.45. The molecule has 0 radical (unpaired) electrons. The fourth-order valence-electron chi connectivity index (χ4n) is 6.04. The van der Waals surface area contributed by atoms with Crippen molar-refractivity contribution < 1.29 is 9.15 Å². The Hall–Kier alpha value is -1.74. The Morgan fingerprint density at radius 1 is 1.25 bits per heavy atom. The van der Waals surface area contributed by atoms with E-state index >= 15 is 0 Å². The van der Waals surface area contributed by atoms with Crippen LogP contribution in [-0.2, 0) is 18.3 Å². The topological polar surface area (TPSA) is 25.6 Å². The van der Waals surface area contributed by atoms with Gasteiger partial charge in [0.15, 0.2) is 0 Å². The van der Waals surface area contributed by atoms with Gasteiger partial charge in [0.2, 0.25) is 0 Å². The normalized spacial score (nSPS) is 29.5. The fourth-order valence-corrected chi connectivity index (χ4v) is 6.04. The smallest absolute Gasteiger partial charge is 0.119 e. The van der Waals surface area contributed by atoms with Gasteiger partial charge in [0, 0.05) is 24.4 Å². The summed E-state index contributed by atoms with van der Waals surface area (Å²) in [5.41, 5.74) is 3.41. The van der Waals surface area contributed by atoms with Crippen molar-refractivity contribution in [2.24, 2.45) is 11.8 Å². The molecule has 2 aromatic rings. The molecule has 5 rings (SSSR count). The number of furan rings is 1. The number of benzene rings is 1. The minimum absolute atomic E-state index is 0.277. The molecule has 0 N–H and O–H groups in total. The van der Waals surface area contributed by atoms with Gasteiger partial charge in [0.1, 0.15) is 11.5 Å². The van der Waals surface area contributed by atoms with Crippen LogP contribution in [0.25, 0.3) is 0 Å². The van der Waals surface area contributed by atoms with Crippen LogP contribution in [0.5, 0.6) is 5.75 Å². The first kappa shape index (κ1) is 18.3. The number of likely N-dealkylation sites (tertiary alicyclic amines) is 1. The number of fused-ring (bicyclic) bond motifs is 4. The quantitative estimate of drug-likeness (QED) is 0.659. The highest BCUT2D eigenvalue weighted by Crippen LogP contribution is 2.52. The van der Waals surface area contributed by atoms with E-state index in [1.54, 1.807) is 24.5 Å². The zero-order chi connectivity index (χ0) is 19.1. The van der Waals surface area contributed by atoms with Gasteiger partial charge in [-0.3, -0.25) is 4.90 Å². The third-order valence-electron chi connectivity index (χ3n) is 7.86. The molecule has 1 aromatic carbocycles. The molecular weight excluding hydrogens is 346 g/mol. The molecule has 2 bridgehead atoms. The van der Waals surface area contributed by atoms with Crippen molar-refractivity contribution in [3.05, 3.63) is 53.5 Å². The standard InChI is InChI=1S/C25H33NO2/c1-18-24-15-20-9-10-22(27-2)16-23(20)25(18,11-3-5-21-6-4-14-28-21)12-13-26(24)17-19-7-8-19/h4,6,9-10,14,16,18-19,24H,3,5,7-8,11-13,15,17H2,1-2H3/t18-,24-,25+/m1/s1. The molecule has 1 aromatic heterocycles. The summed E-state index contributed by atoms with van der Waals surface area (Å²) in [4.78, 5) is 2.83. The number of hydrogen-bond donors (Lipinski definition) is 0. The molecule has 2 heterocycles. The molecule has 2 fully saturated rings. The zero-order valence-corrected chi connectivity index (χ0v) is 17.3. The molecule has 1 saturated carbocycles. The molecule has 0 unspecified atom stereocenters. The average molecular weight is 380 g/mol. The number of piperidine rings is 1. The van der Waals surface area contributed by atoms with Gasteiger partial charge >= 0.3 is 0 Å². The minimum atomic E-state index is 0.277. The van der Waals surface area contributed by atoms with Crippen molar-refractivity contribution in [2.45, 2.75) is 63.3 Å². The van der Waals surface area contributed by atoms with E-state index in [2.05, 4.69) is 36.1 Å². The summed E-state index contributed by atoms with van der Waals surface area (Å²) in [6.07, 6.45) is 10.6. The molecule has 3 nitrogen and oxygen atoms in total. The number of ether oxygens (including phenoxy) is 1. The number of aryl methyl sites for hydroxylation is 1. The lowest BCUT2D eigenvalue weighted by Gasteiger charge is -2.56. The molecule has 1 aliphatic heterocycles. The van der Waals surface area contributed by atoms with Crippen LogP contribution >= 0.6 is 0 Å². The lowest BCUT2D eigenvalue weighted by atomic mass is 9.56. The van der Waals surface area contributed by atoms with E-state index in [1.807, 2.05) is 6.07 Å². The number of nitrogens with zero attached hydrogens (tertiary/aromatic N) is 1. The van der Waals surface area contributed by atoms with Crippen LogP contribution in [0, 0.1) is 11.8 Å². The predicted octanol–water partition coefficient (Wildman–Crippen LogP) is 5.23. The molecular formula is C25H33NO2. The lowest BCUT2D eigenvalue weighted by molar-refractivity contribution is 0.0147. The van der Waals surface area contributed by atoms with E-state index in [0.717, 1.165) is 23.8 Å². The Labute approximate surface area is 169 Å².